The second-order valence-electron chi connectivity index (χ2n) is 4.87. The zero-order valence-electron chi connectivity index (χ0n) is 11.1. The summed E-state index contributed by atoms with van der Waals surface area (Å²) in [7, 11) is 0. The molecule has 0 bridgehead atoms. The maximum absolute atomic E-state index is 5.65. The Bertz CT molecular complexity index is 329. The van der Waals surface area contributed by atoms with Gasteiger partial charge in [-0.05, 0) is 44.9 Å². The van der Waals surface area contributed by atoms with Crippen LogP contribution in [-0.4, -0.2) is 31.9 Å². The van der Waals surface area contributed by atoms with Gasteiger partial charge in [-0.15, -0.1) is 0 Å². The summed E-state index contributed by atoms with van der Waals surface area (Å²) in [5.41, 5.74) is 0. The molecular weight excluding hydrogens is 226 g/mol. The van der Waals surface area contributed by atoms with Gasteiger partial charge in [-0.1, -0.05) is 18.2 Å². The molecule has 0 radical (unpaired) electrons. The molecule has 2 atom stereocenters. The van der Waals surface area contributed by atoms with Crippen LogP contribution in [0.5, 0.6) is 5.75 Å². The Morgan fingerprint density at radius 3 is 2.94 bits per heavy atom. The molecule has 2 rings (SSSR count). The van der Waals surface area contributed by atoms with Gasteiger partial charge < -0.3 is 14.8 Å². The normalized spacial score (nSPS) is 23.8. The van der Waals surface area contributed by atoms with Crippen molar-refractivity contribution in [2.75, 3.05) is 19.8 Å². The van der Waals surface area contributed by atoms with Crippen molar-refractivity contribution in [3.8, 4) is 5.75 Å². The van der Waals surface area contributed by atoms with Crippen LogP contribution in [0.15, 0.2) is 30.3 Å². The minimum Gasteiger partial charge on any atom is -0.494 e. The van der Waals surface area contributed by atoms with Gasteiger partial charge in [-0.3, -0.25) is 0 Å². The van der Waals surface area contributed by atoms with Gasteiger partial charge in [0, 0.05) is 12.6 Å². The number of rotatable bonds is 6. The molecule has 0 amide bonds. The van der Waals surface area contributed by atoms with Crippen molar-refractivity contribution in [3.63, 3.8) is 0 Å². The fourth-order valence-electron chi connectivity index (χ4n) is 2.27. The average molecular weight is 249 g/mol. The Kier molecular flexibility index (Phi) is 5.49. The lowest BCUT2D eigenvalue weighted by molar-refractivity contribution is 0.0133. The predicted octanol–water partition coefficient (Wildman–Crippen LogP) is 2.61. The van der Waals surface area contributed by atoms with Crippen molar-refractivity contribution in [2.45, 2.75) is 38.3 Å². The maximum atomic E-state index is 5.65. The zero-order chi connectivity index (χ0) is 12.6. The van der Waals surface area contributed by atoms with Crippen molar-refractivity contribution in [1.82, 2.24) is 5.32 Å². The summed E-state index contributed by atoms with van der Waals surface area (Å²) in [6, 6.07) is 10.6. The van der Waals surface area contributed by atoms with E-state index in [1.165, 1.54) is 0 Å². The number of hydrogen-bond acceptors (Lipinski definition) is 3. The summed E-state index contributed by atoms with van der Waals surface area (Å²) in [4.78, 5) is 0. The van der Waals surface area contributed by atoms with E-state index in [-0.39, 0.29) is 0 Å². The summed E-state index contributed by atoms with van der Waals surface area (Å²) in [6.07, 6.45) is 3.70. The highest BCUT2D eigenvalue weighted by Crippen LogP contribution is 2.13. The van der Waals surface area contributed by atoms with Crippen molar-refractivity contribution < 1.29 is 9.47 Å². The molecule has 2 unspecified atom stereocenters. The van der Waals surface area contributed by atoms with Gasteiger partial charge in [0.15, 0.2) is 0 Å². The van der Waals surface area contributed by atoms with Crippen LogP contribution < -0.4 is 10.1 Å². The van der Waals surface area contributed by atoms with Crippen molar-refractivity contribution >= 4 is 0 Å². The molecule has 1 fully saturated rings. The summed E-state index contributed by atoms with van der Waals surface area (Å²) in [5.74, 6) is 0.956. The van der Waals surface area contributed by atoms with Crippen LogP contribution in [0.25, 0.3) is 0 Å². The molecule has 1 N–H and O–H groups in total. The third-order valence-electron chi connectivity index (χ3n) is 3.25. The second kappa shape index (κ2) is 7.39. The Morgan fingerprint density at radius 1 is 1.33 bits per heavy atom. The van der Waals surface area contributed by atoms with E-state index in [0.717, 1.165) is 44.8 Å². The first kappa shape index (κ1) is 13.4. The van der Waals surface area contributed by atoms with Gasteiger partial charge in [-0.2, -0.15) is 0 Å². The van der Waals surface area contributed by atoms with Crippen molar-refractivity contribution in [2.24, 2.45) is 0 Å². The highest BCUT2D eigenvalue weighted by molar-refractivity contribution is 5.20. The topological polar surface area (TPSA) is 30.5 Å². The van der Waals surface area contributed by atoms with Crippen LogP contribution in [0.4, 0.5) is 0 Å². The Balaban J connectivity index is 1.53. The lowest BCUT2D eigenvalue weighted by Gasteiger charge is -2.28. The molecule has 1 saturated heterocycles. The molecule has 3 nitrogen and oxygen atoms in total. The lowest BCUT2D eigenvalue weighted by atomic mass is 10.0. The molecule has 1 aromatic carbocycles. The van der Waals surface area contributed by atoms with Crippen LogP contribution in [0.1, 0.15) is 26.2 Å². The quantitative estimate of drug-likeness (QED) is 0.786. The van der Waals surface area contributed by atoms with Gasteiger partial charge in [0.2, 0.25) is 0 Å². The van der Waals surface area contributed by atoms with Crippen LogP contribution >= 0.6 is 0 Å². The Morgan fingerprint density at radius 2 is 2.17 bits per heavy atom. The molecule has 1 heterocycles. The molecule has 0 aromatic heterocycles. The van der Waals surface area contributed by atoms with E-state index in [4.69, 9.17) is 9.47 Å². The largest absolute Gasteiger partial charge is 0.494 e. The summed E-state index contributed by atoms with van der Waals surface area (Å²) in [5, 5.41) is 3.58. The van der Waals surface area contributed by atoms with E-state index in [0.29, 0.717) is 12.1 Å². The number of ether oxygens (including phenoxy) is 2. The first-order chi connectivity index (χ1) is 8.84. The molecule has 1 aliphatic heterocycles. The number of para-hydroxylation sites is 1. The van der Waals surface area contributed by atoms with Gasteiger partial charge in [0.05, 0.1) is 12.7 Å². The summed E-state index contributed by atoms with van der Waals surface area (Å²) < 4.78 is 11.2. The second-order valence-corrected chi connectivity index (χ2v) is 4.87. The van der Waals surface area contributed by atoms with Crippen LogP contribution in [0.2, 0.25) is 0 Å². The van der Waals surface area contributed by atoms with Crippen molar-refractivity contribution in [1.29, 1.82) is 0 Å². The first-order valence-electron chi connectivity index (χ1n) is 6.87. The molecule has 0 saturated carbocycles. The van der Waals surface area contributed by atoms with E-state index in [9.17, 15) is 0 Å². The molecule has 1 aliphatic rings. The van der Waals surface area contributed by atoms with Crippen LogP contribution in [0.3, 0.4) is 0 Å². The van der Waals surface area contributed by atoms with E-state index >= 15 is 0 Å². The number of nitrogens with one attached hydrogen (secondary N) is 1. The minimum atomic E-state index is 0.400. The van der Waals surface area contributed by atoms with Crippen LogP contribution in [-0.2, 0) is 4.74 Å². The summed E-state index contributed by atoms with van der Waals surface area (Å²) >= 11 is 0. The number of hydrogen-bond donors (Lipinski definition) is 1. The first-order valence-corrected chi connectivity index (χ1v) is 6.87. The summed E-state index contributed by atoms with van der Waals surface area (Å²) in [6.45, 7) is 4.83. The number of benzene rings is 1. The fourth-order valence-corrected chi connectivity index (χ4v) is 2.27. The highest BCUT2D eigenvalue weighted by Gasteiger charge is 2.18. The average Bonchev–Trinajstić information content (AvgIpc) is 2.40. The smallest absolute Gasteiger partial charge is 0.119 e. The monoisotopic (exact) mass is 249 g/mol. The molecular formula is C15H23NO2. The fraction of sp³-hybridized carbons (Fsp3) is 0.600. The van der Waals surface area contributed by atoms with Gasteiger partial charge >= 0.3 is 0 Å². The molecule has 100 valence electrons. The van der Waals surface area contributed by atoms with E-state index in [1.807, 2.05) is 30.3 Å². The lowest BCUT2D eigenvalue weighted by Crippen LogP contribution is -2.38. The van der Waals surface area contributed by atoms with Crippen molar-refractivity contribution in [3.05, 3.63) is 30.3 Å². The van der Waals surface area contributed by atoms with E-state index < -0.39 is 0 Å². The van der Waals surface area contributed by atoms with Crippen LogP contribution in [0, 0.1) is 0 Å². The third kappa shape index (κ3) is 4.67. The molecule has 18 heavy (non-hydrogen) atoms. The molecule has 0 aliphatic carbocycles. The maximum Gasteiger partial charge on any atom is 0.119 e. The highest BCUT2D eigenvalue weighted by atomic mass is 16.5. The zero-order valence-corrected chi connectivity index (χ0v) is 11.1. The molecule has 3 heteroatoms. The van der Waals surface area contributed by atoms with Gasteiger partial charge in [0.1, 0.15) is 5.75 Å². The SMILES string of the molecule is CC1CC(NCCCOc2ccccc2)CCO1. The van der Waals surface area contributed by atoms with Gasteiger partial charge in [-0.25, -0.2) is 0 Å². The van der Waals surface area contributed by atoms with Gasteiger partial charge in [0.25, 0.3) is 0 Å². The third-order valence-corrected chi connectivity index (χ3v) is 3.25. The molecule has 1 aromatic rings. The Labute approximate surface area is 109 Å². The minimum absolute atomic E-state index is 0.400. The Hall–Kier alpha value is -1.06. The van der Waals surface area contributed by atoms with E-state index in [2.05, 4.69) is 12.2 Å². The predicted molar refractivity (Wildman–Crippen MR) is 73.0 cm³/mol. The standard InChI is InChI=1S/C15H23NO2/c1-13-12-14(8-11-17-13)16-9-5-10-18-15-6-3-2-4-7-15/h2-4,6-7,13-14,16H,5,8-12H2,1H3. The molecule has 0 spiro atoms. The van der Waals surface area contributed by atoms with E-state index in [1.54, 1.807) is 0 Å².